The van der Waals surface area contributed by atoms with Gasteiger partial charge in [-0.15, -0.1) is 15.3 Å². The minimum absolute atomic E-state index is 0.358. The van der Waals surface area contributed by atoms with Crippen LogP contribution in [0.4, 0.5) is 0 Å². The fourth-order valence-electron chi connectivity index (χ4n) is 12.4. The van der Waals surface area contributed by atoms with E-state index in [2.05, 4.69) is 187 Å². The number of benzene rings is 1. The molecule has 11 heteroatoms. The minimum atomic E-state index is -1.72. The van der Waals surface area contributed by atoms with Gasteiger partial charge in [0.05, 0.1) is 0 Å². The van der Waals surface area contributed by atoms with Crippen LogP contribution in [0.1, 0.15) is 40.9 Å². The summed E-state index contributed by atoms with van der Waals surface area (Å²) in [5.74, 6) is 0.363. The molecule has 0 spiro atoms. The minimum Gasteiger partial charge on any atom is -0.358 e. The van der Waals surface area contributed by atoms with Crippen LogP contribution in [0.2, 0.25) is 137 Å². The highest BCUT2D eigenvalue weighted by Crippen LogP contribution is 2.52. The lowest BCUT2D eigenvalue weighted by Gasteiger charge is -2.60. The van der Waals surface area contributed by atoms with E-state index in [-0.39, 0.29) is 0 Å². The molecule has 1 radical (unpaired) electrons. The summed E-state index contributed by atoms with van der Waals surface area (Å²) in [4.78, 5) is 5.23. The number of hydrogen-bond acceptors (Lipinski definition) is 2. The van der Waals surface area contributed by atoms with Crippen molar-refractivity contribution in [1.29, 1.82) is 0 Å². The Morgan fingerprint density at radius 3 is 1.00 bits per heavy atom. The van der Waals surface area contributed by atoms with Crippen molar-refractivity contribution in [2.45, 2.75) is 172 Å². The van der Waals surface area contributed by atoms with Gasteiger partial charge in [0.25, 0.3) is 0 Å². The highest BCUT2D eigenvalue weighted by Gasteiger charge is 2.61. The quantitative estimate of drug-likeness (QED) is 0.153. The van der Waals surface area contributed by atoms with Crippen molar-refractivity contribution in [1.82, 2.24) is 9.80 Å². The number of halogens is 1. The summed E-state index contributed by atoms with van der Waals surface area (Å²) in [6, 6.07) is 5.93. The first-order valence-electron chi connectivity index (χ1n) is 18.7. The van der Waals surface area contributed by atoms with Crippen LogP contribution in [0.25, 0.3) is 0 Å². The first kappa shape index (κ1) is 44.9. The van der Waals surface area contributed by atoms with E-state index in [1.165, 1.54) is 11.4 Å². The van der Waals surface area contributed by atoms with Gasteiger partial charge in [0.2, 0.25) is 7.42 Å². The van der Waals surface area contributed by atoms with Gasteiger partial charge in [-0.2, -0.15) is 0 Å². The van der Waals surface area contributed by atoms with E-state index >= 15 is 0 Å². The third-order valence-corrected chi connectivity index (χ3v) is 56.3. The SMILES string of the molecule is CC1=C(C)N(C)C([Si](Br)c2c(C([Si](C)(C)C)[Si](C)(C)C)cc(C([Si](C)(C)C)([Si](C)(C)C)[Si](C)(C)C)cc2C([Si](C)(C)C)[Si](C)(C)C)N1C. The molecule has 277 valence electrons. The fourth-order valence-corrected chi connectivity index (χ4v) is 73.9. The molecule has 0 fully saturated rings. The van der Waals surface area contributed by atoms with Crippen molar-refractivity contribution >= 4 is 84.4 Å². The zero-order valence-corrected chi connectivity index (χ0v) is 46.2. The summed E-state index contributed by atoms with van der Waals surface area (Å²) >= 11 is 4.73. The summed E-state index contributed by atoms with van der Waals surface area (Å²) in [5, 5.41) is 3.21. The van der Waals surface area contributed by atoms with Gasteiger partial charge >= 0.3 is 0 Å². The molecule has 0 bridgehead atoms. The molecule has 1 aromatic rings. The van der Waals surface area contributed by atoms with Gasteiger partial charge in [0, 0.05) is 82.0 Å². The molecule has 0 N–H and O–H groups in total. The summed E-state index contributed by atoms with van der Waals surface area (Å²) in [7, 11) is -8.17. The van der Waals surface area contributed by atoms with Crippen LogP contribution in [0.5, 0.6) is 0 Å². The number of allylic oxidation sites excluding steroid dienone is 2. The van der Waals surface area contributed by atoms with E-state index in [4.69, 9.17) is 15.3 Å². The first-order chi connectivity index (χ1) is 20.9. The molecule has 48 heavy (non-hydrogen) atoms. The third-order valence-electron chi connectivity index (χ3n) is 11.9. The van der Waals surface area contributed by atoms with Gasteiger partial charge < -0.3 is 9.80 Å². The second kappa shape index (κ2) is 13.9. The third kappa shape index (κ3) is 8.13. The lowest BCUT2D eigenvalue weighted by molar-refractivity contribution is 0.269. The van der Waals surface area contributed by atoms with E-state index in [1.807, 2.05) is 11.1 Å². The average Bonchev–Trinajstić information content (AvgIpc) is 2.94. The predicted octanol–water partition coefficient (Wildman–Crippen LogP) is 11.8. The Labute approximate surface area is 318 Å². The van der Waals surface area contributed by atoms with Crippen molar-refractivity contribution in [3.8, 4) is 0 Å². The molecule has 0 saturated carbocycles. The zero-order chi connectivity index (χ0) is 38.3. The first-order valence-corrected chi connectivity index (χ1v) is 47.4. The number of hydrogen-bond donors (Lipinski definition) is 0. The van der Waals surface area contributed by atoms with Crippen LogP contribution in [0.15, 0.2) is 23.5 Å². The largest absolute Gasteiger partial charge is 0.358 e. The molecule has 0 aliphatic carbocycles. The Kier molecular flexibility index (Phi) is 13.0. The smallest absolute Gasteiger partial charge is 0.220 e. The molecule has 0 saturated heterocycles. The van der Waals surface area contributed by atoms with Crippen molar-refractivity contribution in [2.24, 2.45) is 0 Å². The number of rotatable bonds is 12. The Morgan fingerprint density at radius 2 is 0.792 bits per heavy atom. The van der Waals surface area contributed by atoms with E-state index in [0.717, 1.165) is 0 Å². The standard InChI is InChI=1S/C37H80BrN2Si8/c1-28-29(2)40(4)36(39(28)3)41(38)33-31(34(42(5,6)7)43(8,9)10)26-30(27-32(33)35(44(11,12)13)45(14,15)16)37(46(17,18)19,47(20,21)22)48(23,24)25/h26-27,34-36H,1-25H3. The lowest BCUT2D eigenvalue weighted by Crippen LogP contribution is -2.74. The van der Waals surface area contributed by atoms with E-state index in [1.54, 1.807) is 10.8 Å². The van der Waals surface area contributed by atoms with Crippen molar-refractivity contribution in [2.75, 3.05) is 14.1 Å². The van der Waals surface area contributed by atoms with Crippen LogP contribution < -0.4 is 5.19 Å². The monoisotopic (exact) mass is 855 g/mol. The molecule has 1 aliphatic heterocycles. The summed E-state index contributed by atoms with van der Waals surface area (Å²) in [5.41, 5.74) is 8.29. The molecule has 1 heterocycles. The molecule has 0 atom stereocenters. The average molecular weight is 858 g/mol. The van der Waals surface area contributed by atoms with Gasteiger partial charge in [-0.05, 0) is 50.3 Å². The topological polar surface area (TPSA) is 6.48 Å². The zero-order valence-electron chi connectivity index (χ0n) is 36.7. The van der Waals surface area contributed by atoms with Crippen LogP contribution in [0.3, 0.4) is 0 Å². The maximum Gasteiger partial charge on any atom is 0.220 e. The van der Waals surface area contributed by atoms with Crippen LogP contribution >= 0.6 is 15.3 Å². The van der Waals surface area contributed by atoms with E-state index in [9.17, 15) is 0 Å². The van der Waals surface area contributed by atoms with Crippen molar-refractivity contribution in [3.05, 3.63) is 40.2 Å². The molecular formula is C37H80BrN2Si8. The molecule has 0 amide bonds. The maximum atomic E-state index is 4.73. The normalized spacial score (nSPS) is 17.3. The van der Waals surface area contributed by atoms with E-state index < -0.39 is 63.9 Å². The summed E-state index contributed by atoms with van der Waals surface area (Å²) in [6.45, 7) is 61.8. The molecule has 0 aromatic heterocycles. The Morgan fingerprint density at radius 1 is 0.542 bits per heavy atom. The van der Waals surface area contributed by atoms with Crippen LogP contribution in [-0.4, -0.2) is 93.6 Å². The fraction of sp³-hybridized carbons (Fsp3) is 0.784. The highest BCUT2D eigenvalue weighted by atomic mass is 79.9. The van der Waals surface area contributed by atoms with Crippen LogP contribution in [-0.2, 0) is 4.28 Å². The Hall–Kier alpha value is 0.775. The summed E-state index contributed by atoms with van der Waals surface area (Å²) < 4.78 is 0.358. The molecule has 2 rings (SSSR count). The molecule has 2 nitrogen and oxygen atoms in total. The van der Waals surface area contributed by atoms with Gasteiger partial charge in [0.15, 0.2) is 0 Å². The van der Waals surface area contributed by atoms with Gasteiger partial charge in [0.1, 0.15) is 5.79 Å². The van der Waals surface area contributed by atoms with Crippen molar-refractivity contribution < 1.29 is 0 Å². The highest BCUT2D eigenvalue weighted by molar-refractivity contribution is 9.25. The van der Waals surface area contributed by atoms with Crippen LogP contribution in [0, 0.1) is 0 Å². The Balaban J connectivity index is 3.57. The van der Waals surface area contributed by atoms with Gasteiger partial charge in [-0.3, -0.25) is 0 Å². The van der Waals surface area contributed by atoms with E-state index in [0.29, 0.717) is 20.4 Å². The number of nitrogens with zero attached hydrogens (tertiary/aromatic N) is 2. The molecule has 0 unspecified atom stereocenters. The Bertz CT molecular complexity index is 1220. The second-order valence-corrected chi connectivity index (χ2v) is 66.9. The molecule has 1 aliphatic rings. The van der Waals surface area contributed by atoms with Gasteiger partial charge in [-0.25, -0.2) is 0 Å². The van der Waals surface area contributed by atoms with Crippen molar-refractivity contribution in [3.63, 3.8) is 0 Å². The summed E-state index contributed by atoms with van der Waals surface area (Å²) in [6.07, 6.45) is 0. The van der Waals surface area contributed by atoms with Gasteiger partial charge in [-0.1, -0.05) is 150 Å². The lowest BCUT2D eigenvalue weighted by atomic mass is 10.1. The maximum absolute atomic E-state index is 4.73. The second-order valence-electron chi connectivity index (χ2n) is 23.0. The molecule has 1 aromatic carbocycles. The predicted molar refractivity (Wildman–Crippen MR) is 249 cm³/mol. The molecular weight excluding hydrogens is 777 g/mol.